The Hall–Kier alpha value is -0.0800. The number of rotatable bonds is 2. The van der Waals surface area contributed by atoms with Gasteiger partial charge in [0.15, 0.2) is 0 Å². The Bertz CT molecular complexity index is 177. The first-order valence-corrected chi connectivity index (χ1v) is 6.78. The van der Waals surface area contributed by atoms with Gasteiger partial charge in [-0.1, -0.05) is 32.1 Å². The average molecular weight is 211 g/mol. The van der Waals surface area contributed by atoms with Crippen LogP contribution in [0.3, 0.4) is 0 Å². The molecule has 0 spiro atoms. The zero-order valence-corrected chi connectivity index (χ0v) is 9.83. The van der Waals surface area contributed by atoms with Crippen LogP contribution in [0.25, 0.3) is 0 Å². The lowest BCUT2D eigenvalue weighted by Crippen LogP contribution is -2.45. The molecule has 1 aliphatic heterocycles. The molecule has 2 fully saturated rings. The van der Waals surface area contributed by atoms with Crippen LogP contribution in [0, 0.1) is 0 Å². The van der Waals surface area contributed by atoms with E-state index in [0.29, 0.717) is 12.6 Å². The van der Waals surface area contributed by atoms with E-state index >= 15 is 0 Å². The maximum Gasteiger partial charge on any atom is 0.0586 e. The van der Waals surface area contributed by atoms with E-state index in [-0.39, 0.29) is 0 Å². The molecule has 15 heavy (non-hydrogen) atoms. The van der Waals surface area contributed by atoms with E-state index in [1.165, 1.54) is 64.3 Å². The summed E-state index contributed by atoms with van der Waals surface area (Å²) in [5, 5.41) is 9.48. The molecule has 88 valence electrons. The van der Waals surface area contributed by atoms with Crippen LogP contribution in [0.15, 0.2) is 0 Å². The number of hydrogen-bond donors (Lipinski definition) is 1. The number of likely N-dealkylation sites (tertiary alicyclic amines) is 1. The molecular formula is C13H25NO. The van der Waals surface area contributed by atoms with Gasteiger partial charge in [0.05, 0.1) is 6.61 Å². The average Bonchev–Trinajstić information content (AvgIpc) is 2.55. The third-order valence-corrected chi connectivity index (χ3v) is 4.18. The van der Waals surface area contributed by atoms with Gasteiger partial charge in [-0.2, -0.15) is 0 Å². The van der Waals surface area contributed by atoms with E-state index < -0.39 is 0 Å². The van der Waals surface area contributed by atoms with Gasteiger partial charge in [-0.25, -0.2) is 0 Å². The molecule has 0 radical (unpaired) electrons. The normalized spacial score (nSPS) is 31.4. The van der Waals surface area contributed by atoms with Gasteiger partial charge in [-0.15, -0.1) is 0 Å². The number of aliphatic hydroxyl groups excluding tert-OH is 1. The summed E-state index contributed by atoms with van der Waals surface area (Å²) in [4.78, 5) is 2.63. The van der Waals surface area contributed by atoms with Crippen molar-refractivity contribution in [3.05, 3.63) is 0 Å². The van der Waals surface area contributed by atoms with E-state index in [1.54, 1.807) is 0 Å². The molecule has 2 rings (SSSR count). The Morgan fingerprint density at radius 1 is 0.867 bits per heavy atom. The monoisotopic (exact) mass is 211 g/mol. The van der Waals surface area contributed by atoms with Gasteiger partial charge in [0.2, 0.25) is 0 Å². The first-order chi connectivity index (χ1) is 7.42. The van der Waals surface area contributed by atoms with Gasteiger partial charge < -0.3 is 5.11 Å². The van der Waals surface area contributed by atoms with Crippen molar-refractivity contribution in [3.8, 4) is 0 Å². The molecule has 1 aliphatic carbocycles. The molecule has 0 aromatic heterocycles. The summed E-state index contributed by atoms with van der Waals surface area (Å²) in [5.74, 6) is 0. The van der Waals surface area contributed by atoms with E-state index in [0.717, 1.165) is 6.04 Å². The van der Waals surface area contributed by atoms with Gasteiger partial charge in [0, 0.05) is 12.1 Å². The summed E-state index contributed by atoms with van der Waals surface area (Å²) in [6.07, 6.45) is 12.2. The Kier molecular flexibility index (Phi) is 4.45. The molecule has 1 saturated carbocycles. The van der Waals surface area contributed by atoms with Gasteiger partial charge >= 0.3 is 0 Å². The molecule has 0 aromatic rings. The molecule has 0 bridgehead atoms. The Balaban J connectivity index is 1.95. The third-order valence-electron chi connectivity index (χ3n) is 4.18. The van der Waals surface area contributed by atoms with Crippen molar-refractivity contribution >= 4 is 0 Å². The summed E-state index contributed by atoms with van der Waals surface area (Å²) >= 11 is 0. The minimum atomic E-state index is 0.372. The Morgan fingerprint density at radius 3 is 2.27 bits per heavy atom. The second-order valence-corrected chi connectivity index (χ2v) is 5.22. The smallest absolute Gasteiger partial charge is 0.0586 e. The zero-order valence-electron chi connectivity index (χ0n) is 9.83. The molecular weight excluding hydrogens is 186 g/mol. The second kappa shape index (κ2) is 5.86. The molecule has 2 heteroatoms. The summed E-state index contributed by atoms with van der Waals surface area (Å²) in [7, 11) is 0. The predicted octanol–water partition coefficient (Wildman–Crippen LogP) is 2.56. The first kappa shape index (κ1) is 11.4. The van der Waals surface area contributed by atoms with Gasteiger partial charge in [0.25, 0.3) is 0 Å². The van der Waals surface area contributed by atoms with E-state index in [4.69, 9.17) is 0 Å². The van der Waals surface area contributed by atoms with E-state index in [2.05, 4.69) is 4.90 Å². The Labute approximate surface area is 93.7 Å². The summed E-state index contributed by atoms with van der Waals surface area (Å²) in [6.45, 7) is 1.60. The third kappa shape index (κ3) is 2.94. The highest BCUT2D eigenvalue weighted by molar-refractivity contribution is 4.83. The van der Waals surface area contributed by atoms with E-state index in [1.807, 2.05) is 0 Å². The van der Waals surface area contributed by atoms with E-state index in [9.17, 15) is 5.11 Å². The molecule has 2 nitrogen and oxygen atoms in total. The number of aliphatic hydroxyl groups is 1. The van der Waals surface area contributed by atoms with Crippen LogP contribution in [-0.4, -0.2) is 35.2 Å². The zero-order chi connectivity index (χ0) is 10.5. The fourth-order valence-corrected chi connectivity index (χ4v) is 3.29. The molecule has 1 atom stereocenters. The summed E-state index contributed by atoms with van der Waals surface area (Å²) in [6, 6.07) is 1.25. The quantitative estimate of drug-likeness (QED) is 0.759. The van der Waals surface area contributed by atoms with Crippen molar-refractivity contribution in [2.75, 3.05) is 13.2 Å². The SMILES string of the molecule is OCC1CCCCCN1C1CCCCC1. The number of nitrogens with zero attached hydrogens (tertiary/aromatic N) is 1. The standard InChI is InChI=1S/C13H25NO/c15-11-13-9-5-2-6-10-14(13)12-7-3-1-4-8-12/h12-13,15H,1-11H2. The molecule has 1 unspecified atom stereocenters. The molecule has 1 saturated heterocycles. The number of hydrogen-bond acceptors (Lipinski definition) is 2. The van der Waals surface area contributed by atoms with Crippen molar-refractivity contribution in [3.63, 3.8) is 0 Å². The lowest BCUT2D eigenvalue weighted by molar-refractivity contribution is 0.0669. The molecule has 1 N–H and O–H groups in total. The van der Waals surface area contributed by atoms with Crippen LogP contribution in [0.4, 0.5) is 0 Å². The highest BCUT2D eigenvalue weighted by Crippen LogP contribution is 2.27. The van der Waals surface area contributed by atoms with Crippen molar-refractivity contribution in [1.82, 2.24) is 4.90 Å². The maximum atomic E-state index is 9.48. The molecule has 2 aliphatic rings. The van der Waals surface area contributed by atoms with Crippen LogP contribution < -0.4 is 0 Å². The fraction of sp³-hybridized carbons (Fsp3) is 1.00. The topological polar surface area (TPSA) is 23.5 Å². The Morgan fingerprint density at radius 2 is 1.53 bits per heavy atom. The maximum absolute atomic E-state index is 9.48. The summed E-state index contributed by atoms with van der Waals surface area (Å²) < 4.78 is 0. The van der Waals surface area contributed by atoms with Crippen molar-refractivity contribution in [1.29, 1.82) is 0 Å². The van der Waals surface area contributed by atoms with Crippen LogP contribution in [-0.2, 0) is 0 Å². The van der Waals surface area contributed by atoms with Crippen LogP contribution in [0.5, 0.6) is 0 Å². The minimum Gasteiger partial charge on any atom is -0.395 e. The minimum absolute atomic E-state index is 0.372. The largest absolute Gasteiger partial charge is 0.395 e. The lowest BCUT2D eigenvalue weighted by atomic mass is 9.93. The van der Waals surface area contributed by atoms with Gasteiger partial charge in [-0.05, 0) is 32.2 Å². The highest BCUT2D eigenvalue weighted by atomic mass is 16.3. The molecule has 0 amide bonds. The lowest BCUT2D eigenvalue weighted by Gasteiger charge is -2.38. The van der Waals surface area contributed by atoms with Crippen molar-refractivity contribution < 1.29 is 5.11 Å². The first-order valence-electron chi connectivity index (χ1n) is 6.78. The molecule has 0 aromatic carbocycles. The van der Waals surface area contributed by atoms with Crippen LogP contribution in [0.1, 0.15) is 57.8 Å². The second-order valence-electron chi connectivity index (χ2n) is 5.22. The predicted molar refractivity (Wildman–Crippen MR) is 62.9 cm³/mol. The highest BCUT2D eigenvalue weighted by Gasteiger charge is 2.27. The van der Waals surface area contributed by atoms with Crippen molar-refractivity contribution in [2.45, 2.75) is 69.9 Å². The fourth-order valence-electron chi connectivity index (χ4n) is 3.29. The van der Waals surface area contributed by atoms with Crippen molar-refractivity contribution in [2.24, 2.45) is 0 Å². The molecule has 1 heterocycles. The van der Waals surface area contributed by atoms with Crippen LogP contribution in [0.2, 0.25) is 0 Å². The van der Waals surface area contributed by atoms with Crippen LogP contribution >= 0.6 is 0 Å². The summed E-state index contributed by atoms with van der Waals surface area (Å²) in [5.41, 5.74) is 0. The van der Waals surface area contributed by atoms with Gasteiger partial charge in [0.1, 0.15) is 0 Å². The van der Waals surface area contributed by atoms with Gasteiger partial charge in [-0.3, -0.25) is 4.90 Å².